The molecule has 0 radical (unpaired) electrons. The van der Waals surface area contributed by atoms with Crippen molar-refractivity contribution in [1.29, 1.82) is 0 Å². The van der Waals surface area contributed by atoms with Gasteiger partial charge in [0.25, 0.3) is 5.69 Å². The Kier molecular flexibility index (Phi) is 4.84. The summed E-state index contributed by atoms with van der Waals surface area (Å²) >= 11 is 0. The molecule has 2 aromatic rings. The number of anilines is 1. The number of nitro groups is 1. The maximum absolute atomic E-state index is 13.2. The third kappa shape index (κ3) is 3.76. The second-order valence-corrected chi connectivity index (χ2v) is 4.43. The fourth-order valence-corrected chi connectivity index (χ4v) is 2.02. The molecule has 1 N–H and O–H groups in total. The van der Waals surface area contributed by atoms with Gasteiger partial charge in [-0.05, 0) is 11.6 Å². The van der Waals surface area contributed by atoms with Crippen molar-refractivity contribution < 1.29 is 14.1 Å². The fraction of sp³-hybridized carbons (Fsp3) is 0.200. The van der Waals surface area contributed by atoms with E-state index in [4.69, 9.17) is 4.74 Å². The van der Waals surface area contributed by atoms with Crippen molar-refractivity contribution in [2.45, 2.75) is 6.10 Å². The van der Waals surface area contributed by atoms with Gasteiger partial charge < -0.3 is 10.1 Å². The van der Waals surface area contributed by atoms with Crippen LogP contribution in [0.3, 0.4) is 0 Å². The van der Waals surface area contributed by atoms with E-state index in [1.54, 1.807) is 7.11 Å². The number of ether oxygens (including phenoxy) is 1. The lowest BCUT2D eigenvalue weighted by atomic mass is 10.1. The van der Waals surface area contributed by atoms with Gasteiger partial charge in [0.15, 0.2) is 0 Å². The van der Waals surface area contributed by atoms with E-state index in [9.17, 15) is 14.5 Å². The Bertz CT molecular complexity index is 620. The van der Waals surface area contributed by atoms with Crippen molar-refractivity contribution in [3.05, 3.63) is 70.0 Å². The van der Waals surface area contributed by atoms with Crippen molar-refractivity contribution in [1.82, 2.24) is 0 Å². The van der Waals surface area contributed by atoms with E-state index in [0.29, 0.717) is 6.54 Å². The van der Waals surface area contributed by atoms with Crippen molar-refractivity contribution in [2.75, 3.05) is 19.0 Å². The molecule has 6 heteroatoms. The van der Waals surface area contributed by atoms with E-state index in [-0.39, 0.29) is 17.5 Å². The van der Waals surface area contributed by atoms with Crippen LogP contribution in [0.4, 0.5) is 15.8 Å². The SMILES string of the molecule is COC(CNc1cc(F)ccc1[N+](=O)[O-])c1ccccc1. The molecule has 0 aliphatic rings. The van der Waals surface area contributed by atoms with Crippen LogP contribution in [-0.4, -0.2) is 18.6 Å². The summed E-state index contributed by atoms with van der Waals surface area (Å²) in [4.78, 5) is 10.4. The molecule has 0 amide bonds. The topological polar surface area (TPSA) is 64.4 Å². The van der Waals surface area contributed by atoms with E-state index < -0.39 is 10.7 Å². The number of nitro benzene ring substituents is 1. The van der Waals surface area contributed by atoms with Gasteiger partial charge in [0.05, 0.1) is 11.0 Å². The molecule has 21 heavy (non-hydrogen) atoms. The standard InChI is InChI=1S/C15H15FN2O3/c1-21-15(11-5-3-2-4-6-11)10-17-13-9-12(16)7-8-14(13)18(19)20/h2-9,15,17H,10H2,1H3. The van der Waals surface area contributed by atoms with Crippen LogP contribution in [-0.2, 0) is 4.74 Å². The molecule has 0 spiro atoms. The number of hydrogen-bond donors (Lipinski definition) is 1. The smallest absolute Gasteiger partial charge is 0.292 e. The Balaban J connectivity index is 2.15. The van der Waals surface area contributed by atoms with Crippen molar-refractivity contribution in [2.24, 2.45) is 0 Å². The van der Waals surface area contributed by atoms with Crippen LogP contribution in [0.15, 0.2) is 48.5 Å². The first-order valence-electron chi connectivity index (χ1n) is 6.37. The predicted octanol–water partition coefficient (Wildman–Crippen LogP) is 3.53. The molecule has 2 rings (SSSR count). The molecule has 0 bridgehead atoms. The fourth-order valence-electron chi connectivity index (χ4n) is 2.02. The zero-order chi connectivity index (χ0) is 15.2. The van der Waals surface area contributed by atoms with Gasteiger partial charge in [-0.25, -0.2) is 4.39 Å². The van der Waals surface area contributed by atoms with Crippen LogP contribution in [0.5, 0.6) is 0 Å². The lowest BCUT2D eigenvalue weighted by Gasteiger charge is -2.17. The molecular weight excluding hydrogens is 275 g/mol. The summed E-state index contributed by atoms with van der Waals surface area (Å²) in [6.07, 6.45) is -0.283. The van der Waals surface area contributed by atoms with Crippen LogP contribution >= 0.6 is 0 Å². The minimum Gasteiger partial charge on any atom is -0.376 e. The summed E-state index contributed by atoms with van der Waals surface area (Å²) < 4.78 is 18.6. The van der Waals surface area contributed by atoms with Crippen LogP contribution < -0.4 is 5.32 Å². The minimum absolute atomic E-state index is 0.137. The Hall–Kier alpha value is -2.47. The summed E-state index contributed by atoms with van der Waals surface area (Å²) in [5.74, 6) is -0.531. The Labute approximate surface area is 121 Å². The normalized spacial score (nSPS) is 11.9. The highest BCUT2D eigenvalue weighted by Gasteiger charge is 2.16. The molecule has 0 saturated heterocycles. The highest BCUT2D eigenvalue weighted by atomic mass is 19.1. The monoisotopic (exact) mass is 290 g/mol. The predicted molar refractivity (Wildman–Crippen MR) is 77.7 cm³/mol. The number of hydrogen-bond acceptors (Lipinski definition) is 4. The number of halogens is 1. The summed E-state index contributed by atoms with van der Waals surface area (Å²) in [5.41, 5.74) is 0.906. The molecule has 0 aliphatic heterocycles. The van der Waals surface area contributed by atoms with Crippen LogP contribution in [0.2, 0.25) is 0 Å². The molecule has 0 aliphatic carbocycles. The molecule has 1 atom stereocenters. The molecule has 0 heterocycles. The van der Waals surface area contributed by atoms with Gasteiger partial charge in [-0.3, -0.25) is 10.1 Å². The number of rotatable bonds is 6. The second-order valence-electron chi connectivity index (χ2n) is 4.43. The van der Waals surface area contributed by atoms with Crippen LogP contribution in [0, 0.1) is 15.9 Å². The first kappa shape index (κ1) is 14.9. The van der Waals surface area contributed by atoms with Crippen molar-refractivity contribution >= 4 is 11.4 Å². The van der Waals surface area contributed by atoms with Crippen molar-refractivity contribution in [3.63, 3.8) is 0 Å². The molecule has 1 unspecified atom stereocenters. The summed E-state index contributed by atoms with van der Waals surface area (Å²) in [6, 6.07) is 12.8. The Morgan fingerprint density at radius 2 is 2.00 bits per heavy atom. The zero-order valence-electron chi connectivity index (χ0n) is 11.5. The number of methoxy groups -OCH3 is 1. The van der Waals surface area contributed by atoms with Gasteiger partial charge in [-0.2, -0.15) is 0 Å². The maximum Gasteiger partial charge on any atom is 0.292 e. The summed E-state index contributed by atoms with van der Waals surface area (Å²) in [5, 5.41) is 13.8. The molecular formula is C15H15FN2O3. The quantitative estimate of drug-likeness (QED) is 0.653. The van der Waals surface area contributed by atoms with Gasteiger partial charge in [0.2, 0.25) is 0 Å². The molecule has 110 valence electrons. The van der Waals surface area contributed by atoms with Gasteiger partial charge >= 0.3 is 0 Å². The lowest BCUT2D eigenvalue weighted by Crippen LogP contribution is -2.15. The highest BCUT2D eigenvalue weighted by Crippen LogP contribution is 2.26. The first-order chi connectivity index (χ1) is 10.1. The van der Waals surface area contributed by atoms with Gasteiger partial charge in [0, 0.05) is 25.8 Å². The van der Waals surface area contributed by atoms with E-state index in [2.05, 4.69) is 5.32 Å². The highest BCUT2D eigenvalue weighted by molar-refractivity contribution is 5.61. The number of nitrogens with one attached hydrogen (secondary N) is 1. The summed E-state index contributed by atoms with van der Waals surface area (Å²) in [6.45, 7) is 0.296. The van der Waals surface area contributed by atoms with Gasteiger partial charge in [-0.15, -0.1) is 0 Å². The molecule has 0 saturated carbocycles. The van der Waals surface area contributed by atoms with E-state index in [1.165, 1.54) is 0 Å². The average Bonchev–Trinajstić information content (AvgIpc) is 2.48. The largest absolute Gasteiger partial charge is 0.376 e. The number of benzene rings is 2. The lowest BCUT2D eigenvalue weighted by molar-refractivity contribution is -0.384. The second kappa shape index (κ2) is 6.81. The number of nitrogens with zero attached hydrogens (tertiary/aromatic N) is 1. The van der Waals surface area contributed by atoms with E-state index in [0.717, 1.165) is 23.8 Å². The van der Waals surface area contributed by atoms with Crippen molar-refractivity contribution in [3.8, 4) is 0 Å². The molecule has 5 nitrogen and oxygen atoms in total. The third-order valence-electron chi connectivity index (χ3n) is 3.09. The summed E-state index contributed by atoms with van der Waals surface area (Å²) in [7, 11) is 1.55. The third-order valence-corrected chi connectivity index (χ3v) is 3.09. The molecule has 0 fully saturated rings. The Morgan fingerprint density at radius 3 is 2.62 bits per heavy atom. The first-order valence-corrected chi connectivity index (χ1v) is 6.37. The minimum atomic E-state index is -0.550. The average molecular weight is 290 g/mol. The maximum atomic E-state index is 13.2. The molecule has 2 aromatic carbocycles. The van der Waals surface area contributed by atoms with E-state index >= 15 is 0 Å². The van der Waals surface area contributed by atoms with Gasteiger partial charge in [-0.1, -0.05) is 30.3 Å². The van der Waals surface area contributed by atoms with Gasteiger partial charge in [0.1, 0.15) is 11.5 Å². The molecule has 0 aromatic heterocycles. The van der Waals surface area contributed by atoms with Crippen LogP contribution in [0.25, 0.3) is 0 Å². The Morgan fingerprint density at radius 1 is 1.29 bits per heavy atom. The zero-order valence-corrected chi connectivity index (χ0v) is 11.5. The van der Waals surface area contributed by atoms with Crippen LogP contribution in [0.1, 0.15) is 11.7 Å². The van der Waals surface area contributed by atoms with E-state index in [1.807, 2.05) is 30.3 Å².